The molecule has 3 nitrogen and oxygen atoms in total. The summed E-state index contributed by atoms with van der Waals surface area (Å²) in [6.07, 6.45) is 0. The molecule has 2 aromatic rings. The number of halogens is 3. The molecule has 0 saturated carbocycles. The van der Waals surface area contributed by atoms with Crippen molar-refractivity contribution in [2.75, 3.05) is 6.61 Å². The molecule has 2 aromatic carbocycles. The fraction of sp³-hybridized carbons (Fsp3) is 0.143. The van der Waals surface area contributed by atoms with Crippen LogP contribution in [0.25, 0.3) is 0 Å². The van der Waals surface area contributed by atoms with Crippen LogP contribution in [0.2, 0.25) is 10.0 Å². The van der Waals surface area contributed by atoms with Gasteiger partial charge in [0.1, 0.15) is 18.2 Å². The third kappa shape index (κ3) is 3.84. The first kappa shape index (κ1) is 15.1. The van der Waals surface area contributed by atoms with Crippen molar-refractivity contribution in [3.8, 4) is 5.75 Å². The maximum absolute atomic E-state index is 13.3. The van der Waals surface area contributed by atoms with Gasteiger partial charge in [-0.15, -0.1) is 0 Å². The molecule has 3 N–H and O–H groups in total. The Hall–Kier alpha value is -1.33. The van der Waals surface area contributed by atoms with E-state index in [1.807, 2.05) is 0 Å². The topological polar surface area (TPSA) is 47.3 Å². The third-order valence-corrected chi connectivity index (χ3v) is 3.33. The van der Waals surface area contributed by atoms with E-state index in [1.165, 1.54) is 18.2 Å². The molecule has 2 rings (SSSR count). The highest BCUT2D eigenvalue weighted by atomic mass is 35.5. The van der Waals surface area contributed by atoms with Crippen molar-refractivity contribution in [2.24, 2.45) is 5.84 Å². The highest BCUT2D eigenvalue weighted by Gasteiger charge is 2.15. The molecule has 0 amide bonds. The minimum absolute atomic E-state index is 0.194. The molecule has 0 heterocycles. The van der Waals surface area contributed by atoms with Gasteiger partial charge in [0.2, 0.25) is 0 Å². The number of nitrogens with two attached hydrogens (primary N) is 1. The maximum Gasteiger partial charge on any atom is 0.123 e. The Labute approximate surface area is 126 Å². The largest absolute Gasteiger partial charge is 0.492 e. The first-order chi connectivity index (χ1) is 9.60. The zero-order chi connectivity index (χ0) is 14.5. The summed E-state index contributed by atoms with van der Waals surface area (Å²) >= 11 is 11.9. The number of hydrazine groups is 1. The number of hydrogen-bond donors (Lipinski definition) is 2. The van der Waals surface area contributed by atoms with Crippen LogP contribution in [-0.2, 0) is 0 Å². The molecule has 0 aliphatic heterocycles. The van der Waals surface area contributed by atoms with Crippen molar-refractivity contribution < 1.29 is 9.13 Å². The van der Waals surface area contributed by atoms with E-state index in [0.29, 0.717) is 21.4 Å². The average molecular weight is 315 g/mol. The summed E-state index contributed by atoms with van der Waals surface area (Å²) in [4.78, 5) is 0. The van der Waals surface area contributed by atoms with Crippen molar-refractivity contribution in [2.45, 2.75) is 6.04 Å². The summed E-state index contributed by atoms with van der Waals surface area (Å²) in [6, 6.07) is 10.6. The van der Waals surface area contributed by atoms with E-state index < -0.39 is 6.04 Å². The SMILES string of the molecule is NNC(COc1cccc(Cl)c1)c1cc(F)ccc1Cl. The van der Waals surface area contributed by atoms with Crippen LogP contribution in [-0.4, -0.2) is 6.61 Å². The Morgan fingerprint density at radius 2 is 2.00 bits per heavy atom. The molecule has 0 aliphatic rings. The van der Waals surface area contributed by atoms with Crippen LogP contribution in [0, 0.1) is 5.82 Å². The predicted molar refractivity (Wildman–Crippen MR) is 78.4 cm³/mol. The number of nitrogens with one attached hydrogen (secondary N) is 1. The Kier molecular flexibility index (Phi) is 5.20. The molecule has 1 unspecified atom stereocenters. The number of hydrogen-bond acceptors (Lipinski definition) is 3. The molecule has 106 valence electrons. The van der Waals surface area contributed by atoms with Gasteiger partial charge in [0.15, 0.2) is 0 Å². The van der Waals surface area contributed by atoms with Crippen LogP contribution in [0.3, 0.4) is 0 Å². The van der Waals surface area contributed by atoms with Gasteiger partial charge in [-0.1, -0.05) is 29.3 Å². The highest BCUT2D eigenvalue weighted by Crippen LogP contribution is 2.25. The Bertz CT molecular complexity index is 595. The molecule has 0 radical (unpaired) electrons. The lowest BCUT2D eigenvalue weighted by Crippen LogP contribution is -2.32. The lowest BCUT2D eigenvalue weighted by atomic mass is 10.1. The quantitative estimate of drug-likeness (QED) is 0.653. The molecule has 1 atom stereocenters. The van der Waals surface area contributed by atoms with Gasteiger partial charge >= 0.3 is 0 Å². The summed E-state index contributed by atoms with van der Waals surface area (Å²) in [5, 5.41) is 0.993. The number of ether oxygens (including phenoxy) is 1. The lowest BCUT2D eigenvalue weighted by Gasteiger charge is -2.18. The fourth-order valence-corrected chi connectivity index (χ4v) is 2.18. The molecular weight excluding hydrogens is 302 g/mol. The summed E-state index contributed by atoms with van der Waals surface area (Å²) in [7, 11) is 0. The summed E-state index contributed by atoms with van der Waals surface area (Å²) in [6.45, 7) is 0.194. The normalized spacial score (nSPS) is 12.2. The van der Waals surface area contributed by atoms with Gasteiger partial charge in [0.05, 0.1) is 6.04 Å². The van der Waals surface area contributed by atoms with Gasteiger partial charge < -0.3 is 4.74 Å². The average Bonchev–Trinajstić information content (AvgIpc) is 2.43. The van der Waals surface area contributed by atoms with E-state index in [-0.39, 0.29) is 12.4 Å². The van der Waals surface area contributed by atoms with E-state index in [2.05, 4.69) is 5.43 Å². The minimum Gasteiger partial charge on any atom is -0.492 e. The first-order valence-electron chi connectivity index (χ1n) is 5.89. The molecule has 20 heavy (non-hydrogen) atoms. The zero-order valence-corrected chi connectivity index (χ0v) is 12.0. The third-order valence-electron chi connectivity index (χ3n) is 2.75. The van der Waals surface area contributed by atoms with Gasteiger partial charge in [-0.2, -0.15) is 0 Å². The molecule has 0 fully saturated rings. The van der Waals surface area contributed by atoms with Crippen molar-refractivity contribution in [1.82, 2.24) is 5.43 Å². The van der Waals surface area contributed by atoms with Crippen LogP contribution in [0.15, 0.2) is 42.5 Å². The van der Waals surface area contributed by atoms with Crippen molar-refractivity contribution in [1.29, 1.82) is 0 Å². The van der Waals surface area contributed by atoms with Gasteiger partial charge in [0.25, 0.3) is 0 Å². The zero-order valence-electron chi connectivity index (χ0n) is 10.4. The Morgan fingerprint density at radius 3 is 2.70 bits per heavy atom. The molecule has 0 saturated heterocycles. The van der Waals surface area contributed by atoms with Crippen LogP contribution >= 0.6 is 23.2 Å². The number of benzene rings is 2. The molecule has 0 bridgehead atoms. The predicted octanol–water partition coefficient (Wildman–Crippen LogP) is 3.72. The Morgan fingerprint density at radius 1 is 1.20 bits per heavy atom. The Balaban J connectivity index is 2.11. The minimum atomic E-state index is -0.433. The number of rotatable bonds is 5. The summed E-state index contributed by atoms with van der Waals surface area (Å²) < 4.78 is 18.9. The second-order valence-corrected chi connectivity index (χ2v) is 5.00. The summed E-state index contributed by atoms with van der Waals surface area (Å²) in [5.41, 5.74) is 3.10. The lowest BCUT2D eigenvalue weighted by molar-refractivity contribution is 0.267. The van der Waals surface area contributed by atoms with Gasteiger partial charge in [0, 0.05) is 10.0 Å². The van der Waals surface area contributed by atoms with Crippen molar-refractivity contribution in [3.05, 3.63) is 63.9 Å². The summed E-state index contributed by atoms with van der Waals surface area (Å²) in [5.74, 6) is 5.70. The van der Waals surface area contributed by atoms with Gasteiger partial charge in [-0.3, -0.25) is 5.84 Å². The van der Waals surface area contributed by atoms with E-state index in [9.17, 15) is 4.39 Å². The van der Waals surface area contributed by atoms with Crippen LogP contribution in [0.1, 0.15) is 11.6 Å². The van der Waals surface area contributed by atoms with Crippen LogP contribution in [0.5, 0.6) is 5.75 Å². The van der Waals surface area contributed by atoms with Gasteiger partial charge in [-0.25, -0.2) is 9.82 Å². The van der Waals surface area contributed by atoms with Crippen molar-refractivity contribution >= 4 is 23.2 Å². The van der Waals surface area contributed by atoms with Gasteiger partial charge in [-0.05, 0) is 42.0 Å². The molecule has 0 aliphatic carbocycles. The van der Waals surface area contributed by atoms with Crippen LogP contribution in [0.4, 0.5) is 4.39 Å². The molecule has 0 aromatic heterocycles. The monoisotopic (exact) mass is 314 g/mol. The van der Waals surface area contributed by atoms with E-state index in [0.717, 1.165) is 0 Å². The van der Waals surface area contributed by atoms with E-state index in [1.54, 1.807) is 24.3 Å². The second-order valence-electron chi connectivity index (χ2n) is 4.15. The molecule has 6 heteroatoms. The first-order valence-corrected chi connectivity index (χ1v) is 6.65. The fourth-order valence-electron chi connectivity index (χ4n) is 1.75. The maximum atomic E-state index is 13.3. The van der Waals surface area contributed by atoms with Crippen molar-refractivity contribution in [3.63, 3.8) is 0 Å². The molecule has 0 spiro atoms. The standard InChI is InChI=1S/C14H13Cl2FN2O/c15-9-2-1-3-11(6-9)20-8-14(19-18)12-7-10(17)4-5-13(12)16/h1-7,14,19H,8,18H2. The van der Waals surface area contributed by atoms with E-state index >= 15 is 0 Å². The second kappa shape index (κ2) is 6.90. The molecular formula is C14H13Cl2FN2O. The highest BCUT2D eigenvalue weighted by molar-refractivity contribution is 6.31. The smallest absolute Gasteiger partial charge is 0.123 e. The van der Waals surface area contributed by atoms with E-state index in [4.69, 9.17) is 33.8 Å². The van der Waals surface area contributed by atoms with Crippen LogP contribution < -0.4 is 16.0 Å².